The van der Waals surface area contributed by atoms with Gasteiger partial charge in [0.05, 0.1) is 11.1 Å². The van der Waals surface area contributed by atoms with Crippen LogP contribution in [0, 0.1) is 13.8 Å². The van der Waals surface area contributed by atoms with Crippen LogP contribution in [0.15, 0.2) is 28.8 Å². The molecule has 0 amide bonds. The molecule has 6 heteroatoms. The van der Waals surface area contributed by atoms with Gasteiger partial charge in [-0.1, -0.05) is 16.8 Å². The lowest BCUT2D eigenvalue weighted by atomic mass is 10.1. The molecular formula is C17H19N5O. The van der Waals surface area contributed by atoms with Gasteiger partial charge in [-0.15, -0.1) is 0 Å². The third-order valence-electron chi connectivity index (χ3n) is 4.14. The number of aromatic nitrogens is 3. The van der Waals surface area contributed by atoms with Crippen molar-refractivity contribution in [1.29, 1.82) is 0 Å². The van der Waals surface area contributed by atoms with Crippen molar-refractivity contribution in [1.82, 2.24) is 20.4 Å². The van der Waals surface area contributed by atoms with E-state index in [4.69, 9.17) is 9.51 Å². The largest absolute Gasteiger partial charge is 0.353 e. The summed E-state index contributed by atoms with van der Waals surface area (Å²) >= 11 is 0. The Morgan fingerprint density at radius 2 is 1.91 bits per heavy atom. The number of benzene rings is 1. The summed E-state index contributed by atoms with van der Waals surface area (Å²) in [6.45, 7) is 7.65. The van der Waals surface area contributed by atoms with Gasteiger partial charge in [-0.2, -0.15) is 4.98 Å². The molecule has 4 rings (SSSR count). The monoisotopic (exact) mass is 309 g/mol. The summed E-state index contributed by atoms with van der Waals surface area (Å²) in [6.07, 6.45) is 0. The molecule has 3 heterocycles. The highest BCUT2D eigenvalue weighted by Crippen LogP contribution is 2.31. The number of piperazine rings is 1. The molecule has 0 bridgehead atoms. The topological polar surface area (TPSA) is 67.1 Å². The lowest BCUT2D eigenvalue weighted by Gasteiger charge is -2.29. The summed E-state index contributed by atoms with van der Waals surface area (Å²) in [6, 6.07) is 8.42. The number of pyridine rings is 1. The zero-order valence-corrected chi connectivity index (χ0v) is 13.3. The number of hydrogen-bond acceptors (Lipinski definition) is 6. The van der Waals surface area contributed by atoms with E-state index in [0.717, 1.165) is 48.5 Å². The number of nitrogens with zero attached hydrogens (tertiary/aromatic N) is 4. The summed E-state index contributed by atoms with van der Waals surface area (Å²) in [5.41, 5.74) is 3.14. The first kappa shape index (κ1) is 14.1. The quantitative estimate of drug-likeness (QED) is 0.783. The Morgan fingerprint density at radius 1 is 1.09 bits per heavy atom. The minimum atomic E-state index is 0.565. The van der Waals surface area contributed by atoms with Crippen LogP contribution >= 0.6 is 0 Å². The molecule has 0 aliphatic carbocycles. The van der Waals surface area contributed by atoms with Gasteiger partial charge in [-0.05, 0) is 25.1 Å². The van der Waals surface area contributed by atoms with Gasteiger partial charge in [0.25, 0.3) is 0 Å². The molecule has 0 radical (unpaired) electrons. The zero-order valence-electron chi connectivity index (χ0n) is 13.3. The van der Waals surface area contributed by atoms with Crippen molar-refractivity contribution >= 4 is 16.7 Å². The van der Waals surface area contributed by atoms with Crippen molar-refractivity contribution < 1.29 is 4.52 Å². The van der Waals surface area contributed by atoms with Crippen LogP contribution in [-0.2, 0) is 0 Å². The van der Waals surface area contributed by atoms with Gasteiger partial charge in [0.15, 0.2) is 0 Å². The van der Waals surface area contributed by atoms with E-state index in [-0.39, 0.29) is 0 Å². The van der Waals surface area contributed by atoms with Crippen LogP contribution in [0.2, 0.25) is 0 Å². The second-order valence-corrected chi connectivity index (χ2v) is 5.93. The fourth-order valence-corrected chi connectivity index (χ4v) is 2.98. The fourth-order valence-electron chi connectivity index (χ4n) is 2.98. The number of rotatable bonds is 2. The Hall–Kier alpha value is -2.47. The second kappa shape index (κ2) is 5.62. The van der Waals surface area contributed by atoms with Crippen molar-refractivity contribution in [2.75, 3.05) is 31.1 Å². The molecule has 0 spiro atoms. The number of fused-ring (bicyclic) bond motifs is 1. The highest BCUT2D eigenvalue weighted by atomic mass is 16.5. The molecule has 1 aromatic carbocycles. The van der Waals surface area contributed by atoms with E-state index in [9.17, 15) is 0 Å². The minimum Gasteiger partial charge on any atom is -0.353 e. The van der Waals surface area contributed by atoms with Crippen molar-refractivity contribution in [3.8, 4) is 11.4 Å². The molecule has 2 aromatic heterocycles. The first-order chi connectivity index (χ1) is 11.2. The molecule has 0 saturated carbocycles. The number of nitrogens with one attached hydrogen (secondary N) is 1. The third kappa shape index (κ3) is 2.66. The molecule has 6 nitrogen and oxygen atoms in total. The lowest BCUT2D eigenvalue weighted by Crippen LogP contribution is -2.44. The summed E-state index contributed by atoms with van der Waals surface area (Å²) in [5, 5.41) is 8.57. The van der Waals surface area contributed by atoms with E-state index >= 15 is 0 Å². The third-order valence-corrected chi connectivity index (χ3v) is 4.14. The highest BCUT2D eigenvalue weighted by molar-refractivity contribution is 5.88. The molecule has 1 aliphatic heterocycles. The van der Waals surface area contributed by atoms with E-state index < -0.39 is 0 Å². The van der Waals surface area contributed by atoms with Gasteiger partial charge in [-0.25, -0.2) is 4.98 Å². The molecule has 1 fully saturated rings. The maximum atomic E-state index is 5.18. The summed E-state index contributed by atoms with van der Waals surface area (Å²) in [4.78, 5) is 11.6. The summed E-state index contributed by atoms with van der Waals surface area (Å²) in [7, 11) is 0. The van der Waals surface area contributed by atoms with Gasteiger partial charge in [-0.3, -0.25) is 0 Å². The fraction of sp³-hybridized carbons (Fsp3) is 0.353. The van der Waals surface area contributed by atoms with Crippen LogP contribution in [0.5, 0.6) is 0 Å². The maximum absolute atomic E-state index is 5.18. The van der Waals surface area contributed by atoms with E-state index in [1.807, 2.05) is 0 Å². The Bertz CT molecular complexity index is 851. The molecule has 1 N–H and O–H groups in total. The molecule has 3 aromatic rings. The van der Waals surface area contributed by atoms with Crippen LogP contribution in [0.1, 0.15) is 11.5 Å². The summed E-state index contributed by atoms with van der Waals surface area (Å²) in [5.74, 6) is 2.10. The predicted molar refractivity (Wildman–Crippen MR) is 89.6 cm³/mol. The molecule has 118 valence electrons. The first-order valence-corrected chi connectivity index (χ1v) is 7.88. The van der Waals surface area contributed by atoms with E-state index in [2.05, 4.69) is 51.5 Å². The molecule has 23 heavy (non-hydrogen) atoms. The molecule has 1 saturated heterocycles. The molecule has 0 atom stereocenters. The van der Waals surface area contributed by atoms with E-state index in [1.165, 1.54) is 5.56 Å². The number of aryl methyl sites for hydroxylation is 2. The van der Waals surface area contributed by atoms with Crippen molar-refractivity contribution in [2.45, 2.75) is 13.8 Å². The normalized spacial score (nSPS) is 15.3. The minimum absolute atomic E-state index is 0.565. The van der Waals surface area contributed by atoms with E-state index in [1.54, 1.807) is 6.92 Å². The first-order valence-electron chi connectivity index (χ1n) is 7.88. The SMILES string of the molecule is Cc1ccc2nc(N3CCNCC3)c(-c3noc(C)n3)cc2c1. The van der Waals surface area contributed by atoms with Crippen molar-refractivity contribution in [3.05, 3.63) is 35.7 Å². The molecule has 1 aliphatic rings. The average Bonchev–Trinajstić information content (AvgIpc) is 3.01. The lowest BCUT2D eigenvalue weighted by molar-refractivity contribution is 0.394. The Balaban J connectivity index is 1.91. The molecular weight excluding hydrogens is 290 g/mol. The van der Waals surface area contributed by atoms with Crippen LogP contribution in [-0.4, -0.2) is 41.3 Å². The van der Waals surface area contributed by atoms with Crippen molar-refractivity contribution in [3.63, 3.8) is 0 Å². The van der Waals surface area contributed by atoms with Gasteiger partial charge >= 0.3 is 0 Å². The Morgan fingerprint density at radius 3 is 2.65 bits per heavy atom. The molecule has 0 unspecified atom stereocenters. The second-order valence-electron chi connectivity index (χ2n) is 5.93. The average molecular weight is 309 g/mol. The smallest absolute Gasteiger partial charge is 0.223 e. The Labute approximate surface area is 134 Å². The highest BCUT2D eigenvalue weighted by Gasteiger charge is 2.20. The standard InChI is InChI=1S/C17H19N5O/c1-11-3-4-15-13(9-11)10-14(16-19-12(2)23-21-16)17(20-15)22-7-5-18-6-8-22/h3-4,9-10,18H,5-8H2,1-2H3. The van der Waals surface area contributed by atoms with Crippen LogP contribution in [0.3, 0.4) is 0 Å². The van der Waals surface area contributed by atoms with Gasteiger partial charge in [0.2, 0.25) is 11.7 Å². The Kier molecular flexibility index (Phi) is 3.46. The van der Waals surface area contributed by atoms with Gasteiger partial charge in [0, 0.05) is 38.5 Å². The predicted octanol–water partition coefficient (Wildman–Crippen LogP) is 2.31. The van der Waals surface area contributed by atoms with Crippen molar-refractivity contribution in [2.24, 2.45) is 0 Å². The number of hydrogen-bond donors (Lipinski definition) is 1. The number of anilines is 1. The van der Waals surface area contributed by atoms with Crippen LogP contribution in [0.25, 0.3) is 22.3 Å². The summed E-state index contributed by atoms with van der Waals surface area (Å²) < 4.78 is 5.18. The van der Waals surface area contributed by atoms with Gasteiger partial charge < -0.3 is 14.7 Å². The van der Waals surface area contributed by atoms with Crippen LogP contribution < -0.4 is 10.2 Å². The zero-order chi connectivity index (χ0) is 15.8. The van der Waals surface area contributed by atoms with Crippen LogP contribution in [0.4, 0.5) is 5.82 Å². The maximum Gasteiger partial charge on any atom is 0.223 e. The van der Waals surface area contributed by atoms with Gasteiger partial charge in [0.1, 0.15) is 5.82 Å². The van der Waals surface area contributed by atoms with E-state index in [0.29, 0.717) is 11.7 Å².